The van der Waals surface area contributed by atoms with E-state index in [1.807, 2.05) is 6.07 Å². The number of nitrogens with one attached hydrogen (secondary N) is 2. The number of aromatic nitrogens is 1. The lowest BCUT2D eigenvalue weighted by Crippen LogP contribution is -2.43. The molecule has 0 bridgehead atoms. The number of anilines is 1. The SMILES string of the molecule is O=C(Nc1cc(C2CCCCC2)no1)[C@@H]1CCCCN1. The smallest absolute Gasteiger partial charge is 0.243 e. The fourth-order valence-electron chi connectivity index (χ4n) is 3.22. The summed E-state index contributed by atoms with van der Waals surface area (Å²) in [6.45, 7) is 0.918. The van der Waals surface area contributed by atoms with Gasteiger partial charge in [-0.3, -0.25) is 10.1 Å². The van der Waals surface area contributed by atoms with E-state index in [1.54, 1.807) is 0 Å². The van der Waals surface area contributed by atoms with Crippen LogP contribution in [-0.2, 0) is 4.79 Å². The molecule has 5 heteroatoms. The van der Waals surface area contributed by atoms with E-state index < -0.39 is 0 Å². The molecular weight excluding hydrogens is 254 g/mol. The van der Waals surface area contributed by atoms with Crippen molar-refractivity contribution in [1.29, 1.82) is 0 Å². The minimum absolute atomic E-state index is 0.00366. The molecule has 20 heavy (non-hydrogen) atoms. The van der Waals surface area contributed by atoms with Gasteiger partial charge in [0.05, 0.1) is 11.7 Å². The van der Waals surface area contributed by atoms with E-state index in [0.717, 1.165) is 31.5 Å². The van der Waals surface area contributed by atoms with Crippen LogP contribution in [0.25, 0.3) is 0 Å². The second-order valence-electron chi connectivity index (χ2n) is 5.94. The van der Waals surface area contributed by atoms with Crippen LogP contribution >= 0.6 is 0 Å². The second-order valence-corrected chi connectivity index (χ2v) is 5.94. The Hall–Kier alpha value is -1.36. The molecule has 0 radical (unpaired) electrons. The molecule has 1 amide bonds. The molecule has 0 unspecified atom stereocenters. The van der Waals surface area contributed by atoms with E-state index in [2.05, 4.69) is 15.8 Å². The molecule has 2 aliphatic rings. The van der Waals surface area contributed by atoms with Gasteiger partial charge < -0.3 is 9.84 Å². The number of nitrogens with zero attached hydrogens (tertiary/aromatic N) is 1. The number of hydrogen-bond acceptors (Lipinski definition) is 4. The topological polar surface area (TPSA) is 67.2 Å². The summed E-state index contributed by atoms with van der Waals surface area (Å²) in [6.07, 6.45) is 9.39. The fraction of sp³-hybridized carbons (Fsp3) is 0.733. The molecule has 1 aromatic rings. The fourth-order valence-corrected chi connectivity index (χ4v) is 3.22. The largest absolute Gasteiger partial charge is 0.338 e. The summed E-state index contributed by atoms with van der Waals surface area (Å²) in [4.78, 5) is 12.1. The molecule has 110 valence electrons. The minimum Gasteiger partial charge on any atom is -0.338 e. The molecule has 1 aliphatic carbocycles. The first-order valence-corrected chi connectivity index (χ1v) is 7.84. The molecule has 0 aromatic carbocycles. The van der Waals surface area contributed by atoms with Crippen molar-refractivity contribution in [2.45, 2.75) is 63.3 Å². The number of hydrogen-bond donors (Lipinski definition) is 2. The lowest BCUT2D eigenvalue weighted by molar-refractivity contribution is -0.118. The van der Waals surface area contributed by atoms with Crippen molar-refractivity contribution in [1.82, 2.24) is 10.5 Å². The van der Waals surface area contributed by atoms with Crippen molar-refractivity contribution in [2.75, 3.05) is 11.9 Å². The van der Waals surface area contributed by atoms with Crippen LogP contribution in [-0.4, -0.2) is 23.7 Å². The third kappa shape index (κ3) is 3.20. The second kappa shape index (κ2) is 6.39. The average Bonchev–Trinajstić information content (AvgIpc) is 2.97. The lowest BCUT2D eigenvalue weighted by atomic mass is 9.87. The van der Waals surface area contributed by atoms with Gasteiger partial charge in [-0.15, -0.1) is 0 Å². The zero-order valence-electron chi connectivity index (χ0n) is 11.9. The van der Waals surface area contributed by atoms with Crippen LogP contribution in [0.1, 0.15) is 63.0 Å². The Morgan fingerprint density at radius 1 is 1.20 bits per heavy atom. The summed E-state index contributed by atoms with van der Waals surface area (Å²) in [5, 5.41) is 10.2. The zero-order chi connectivity index (χ0) is 13.8. The highest BCUT2D eigenvalue weighted by Crippen LogP contribution is 2.32. The Morgan fingerprint density at radius 3 is 2.75 bits per heavy atom. The minimum atomic E-state index is -0.0908. The van der Waals surface area contributed by atoms with Gasteiger partial charge >= 0.3 is 0 Å². The van der Waals surface area contributed by atoms with Gasteiger partial charge in [0, 0.05) is 12.0 Å². The first kappa shape index (κ1) is 13.6. The van der Waals surface area contributed by atoms with Crippen molar-refractivity contribution < 1.29 is 9.32 Å². The van der Waals surface area contributed by atoms with Gasteiger partial charge in [0.15, 0.2) is 0 Å². The van der Waals surface area contributed by atoms with Crippen LogP contribution in [0.15, 0.2) is 10.6 Å². The maximum atomic E-state index is 12.1. The maximum Gasteiger partial charge on any atom is 0.243 e. The number of amides is 1. The Kier molecular flexibility index (Phi) is 4.35. The Balaban J connectivity index is 1.57. The first-order valence-electron chi connectivity index (χ1n) is 7.84. The van der Waals surface area contributed by atoms with Crippen molar-refractivity contribution in [2.24, 2.45) is 0 Å². The van der Waals surface area contributed by atoms with Gasteiger partial charge in [-0.1, -0.05) is 30.8 Å². The van der Waals surface area contributed by atoms with Gasteiger partial charge in [-0.05, 0) is 32.2 Å². The van der Waals surface area contributed by atoms with E-state index in [0.29, 0.717) is 11.8 Å². The summed E-state index contributed by atoms with van der Waals surface area (Å²) < 4.78 is 5.27. The average molecular weight is 277 g/mol. The molecule has 5 nitrogen and oxygen atoms in total. The number of rotatable bonds is 3. The highest BCUT2D eigenvalue weighted by molar-refractivity contribution is 5.93. The van der Waals surface area contributed by atoms with Crippen molar-refractivity contribution in [3.63, 3.8) is 0 Å². The van der Waals surface area contributed by atoms with Gasteiger partial charge in [0.1, 0.15) is 0 Å². The molecule has 1 atom stereocenters. The van der Waals surface area contributed by atoms with E-state index in [4.69, 9.17) is 4.52 Å². The molecule has 2 N–H and O–H groups in total. The Bertz CT molecular complexity index is 446. The van der Waals surface area contributed by atoms with Crippen molar-refractivity contribution >= 4 is 11.8 Å². The van der Waals surface area contributed by atoms with Crippen molar-refractivity contribution in [3.05, 3.63) is 11.8 Å². The number of piperidine rings is 1. The van der Waals surface area contributed by atoms with Crippen LogP contribution in [0.2, 0.25) is 0 Å². The third-order valence-corrected chi connectivity index (χ3v) is 4.43. The molecule has 1 saturated carbocycles. The van der Waals surface area contributed by atoms with E-state index in [9.17, 15) is 4.79 Å². The summed E-state index contributed by atoms with van der Waals surface area (Å²) in [5.74, 6) is 0.991. The summed E-state index contributed by atoms with van der Waals surface area (Å²) >= 11 is 0. The van der Waals surface area contributed by atoms with Gasteiger partial charge in [0.2, 0.25) is 11.8 Å². The number of carbonyl (C=O) groups is 1. The molecule has 3 rings (SSSR count). The molecule has 2 heterocycles. The van der Waals surface area contributed by atoms with Crippen LogP contribution in [0.5, 0.6) is 0 Å². The molecule has 1 aliphatic heterocycles. The Morgan fingerprint density at radius 2 is 2.00 bits per heavy atom. The Labute approximate surface area is 119 Å². The summed E-state index contributed by atoms with van der Waals surface area (Å²) in [5.41, 5.74) is 0.997. The predicted molar refractivity (Wildman–Crippen MR) is 76.6 cm³/mol. The molecule has 0 spiro atoms. The van der Waals surface area contributed by atoms with Crippen molar-refractivity contribution in [3.8, 4) is 0 Å². The summed E-state index contributed by atoms with van der Waals surface area (Å²) in [6, 6.07) is 1.81. The van der Waals surface area contributed by atoms with Crippen LogP contribution in [0, 0.1) is 0 Å². The van der Waals surface area contributed by atoms with E-state index in [-0.39, 0.29) is 11.9 Å². The highest BCUT2D eigenvalue weighted by atomic mass is 16.5. The van der Waals surface area contributed by atoms with E-state index >= 15 is 0 Å². The zero-order valence-corrected chi connectivity index (χ0v) is 11.9. The monoisotopic (exact) mass is 277 g/mol. The first-order chi connectivity index (χ1) is 9.83. The molecule has 1 saturated heterocycles. The van der Waals surface area contributed by atoms with Gasteiger partial charge in [0.25, 0.3) is 0 Å². The molecule has 1 aromatic heterocycles. The highest BCUT2D eigenvalue weighted by Gasteiger charge is 2.23. The summed E-state index contributed by atoms with van der Waals surface area (Å²) in [7, 11) is 0. The third-order valence-electron chi connectivity index (χ3n) is 4.43. The van der Waals surface area contributed by atoms with Crippen LogP contribution in [0.4, 0.5) is 5.88 Å². The van der Waals surface area contributed by atoms with Crippen LogP contribution in [0.3, 0.4) is 0 Å². The quantitative estimate of drug-likeness (QED) is 0.891. The van der Waals surface area contributed by atoms with Crippen LogP contribution < -0.4 is 10.6 Å². The lowest BCUT2D eigenvalue weighted by Gasteiger charge is -2.21. The van der Waals surface area contributed by atoms with Gasteiger partial charge in [-0.2, -0.15) is 0 Å². The predicted octanol–water partition coefficient (Wildman–Crippen LogP) is 2.80. The molecule has 2 fully saturated rings. The maximum absolute atomic E-state index is 12.1. The molecular formula is C15H23N3O2. The standard InChI is InChI=1S/C15H23N3O2/c19-15(12-8-4-5-9-16-12)17-14-10-13(18-20-14)11-6-2-1-3-7-11/h10-12,16H,1-9H2,(H,17,19)/t12-/m0/s1. The number of carbonyl (C=O) groups excluding carboxylic acids is 1. The van der Waals surface area contributed by atoms with Gasteiger partial charge in [-0.25, -0.2) is 0 Å². The van der Waals surface area contributed by atoms with E-state index in [1.165, 1.54) is 32.1 Å². The normalized spacial score (nSPS) is 24.5.